The molecule has 1 aliphatic rings. The molecule has 0 saturated carbocycles. The SMILES string of the molecule is CNC(C)(C)[C@@H]1C[C@@H](C)O[C@@H](C)C1. The van der Waals surface area contributed by atoms with E-state index >= 15 is 0 Å². The lowest BCUT2D eigenvalue weighted by atomic mass is 9.78. The summed E-state index contributed by atoms with van der Waals surface area (Å²) in [4.78, 5) is 0. The Bertz CT molecular complexity index is 157. The van der Waals surface area contributed by atoms with Gasteiger partial charge in [0.15, 0.2) is 0 Å². The Balaban J connectivity index is 2.59. The minimum atomic E-state index is 0.242. The van der Waals surface area contributed by atoms with Crippen molar-refractivity contribution in [2.24, 2.45) is 5.92 Å². The van der Waals surface area contributed by atoms with Crippen molar-refractivity contribution < 1.29 is 4.74 Å². The van der Waals surface area contributed by atoms with E-state index in [9.17, 15) is 0 Å². The average molecular weight is 185 g/mol. The molecule has 1 heterocycles. The molecule has 1 N–H and O–H groups in total. The quantitative estimate of drug-likeness (QED) is 0.712. The molecular weight excluding hydrogens is 162 g/mol. The van der Waals surface area contributed by atoms with Gasteiger partial charge in [-0.3, -0.25) is 0 Å². The zero-order valence-corrected chi connectivity index (χ0v) is 9.55. The molecule has 78 valence electrons. The van der Waals surface area contributed by atoms with Gasteiger partial charge in [-0.15, -0.1) is 0 Å². The van der Waals surface area contributed by atoms with Crippen molar-refractivity contribution in [3.05, 3.63) is 0 Å². The van der Waals surface area contributed by atoms with E-state index in [1.807, 2.05) is 7.05 Å². The van der Waals surface area contributed by atoms with Gasteiger partial charge in [0.2, 0.25) is 0 Å². The summed E-state index contributed by atoms with van der Waals surface area (Å²) in [6, 6.07) is 0. The molecule has 0 radical (unpaired) electrons. The van der Waals surface area contributed by atoms with E-state index in [1.54, 1.807) is 0 Å². The molecule has 2 heteroatoms. The lowest BCUT2D eigenvalue weighted by molar-refractivity contribution is -0.0671. The Kier molecular flexibility index (Phi) is 3.36. The van der Waals surface area contributed by atoms with Gasteiger partial charge in [0.25, 0.3) is 0 Å². The largest absolute Gasteiger partial charge is 0.376 e. The molecular formula is C11H23NO. The van der Waals surface area contributed by atoms with E-state index in [0.29, 0.717) is 12.2 Å². The summed E-state index contributed by atoms with van der Waals surface area (Å²) in [6.07, 6.45) is 3.19. The van der Waals surface area contributed by atoms with Gasteiger partial charge in [-0.1, -0.05) is 0 Å². The van der Waals surface area contributed by atoms with Crippen LogP contribution >= 0.6 is 0 Å². The smallest absolute Gasteiger partial charge is 0.0554 e. The summed E-state index contributed by atoms with van der Waals surface area (Å²) >= 11 is 0. The highest BCUT2D eigenvalue weighted by Crippen LogP contribution is 2.32. The van der Waals surface area contributed by atoms with E-state index in [2.05, 4.69) is 33.0 Å². The fourth-order valence-electron chi connectivity index (χ4n) is 2.20. The standard InChI is InChI=1S/C11H23NO/c1-8-6-10(7-9(2)13-8)11(3,4)12-5/h8-10,12H,6-7H2,1-5H3/t8-,9+,10-. The third-order valence-corrected chi connectivity index (χ3v) is 3.36. The predicted octanol–water partition coefficient (Wildman–Crippen LogP) is 2.19. The molecule has 3 atom stereocenters. The van der Waals surface area contributed by atoms with E-state index in [4.69, 9.17) is 4.74 Å². The van der Waals surface area contributed by atoms with Crippen molar-refractivity contribution in [1.82, 2.24) is 5.32 Å². The monoisotopic (exact) mass is 185 g/mol. The average Bonchev–Trinajstić information content (AvgIpc) is 2.02. The maximum atomic E-state index is 5.73. The molecule has 0 bridgehead atoms. The molecule has 1 fully saturated rings. The molecule has 0 unspecified atom stereocenters. The van der Waals surface area contributed by atoms with Crippen LogP contribution in [0.5, 0.6) is 0 Å². The summed E-state index contributed by atoms with van der Waals surface area (Å²) in [5.74, 6) is 0.733. The Labute approximate surface area is 82.0 Å². The molecule has 0 aromatic heterocycles. The first-order chi connectivity index (χ1) is 5.95. The second-order valence-corrected chi connectivity index (χ2v) is 4.90. The lowest BCUT2D eigenvalue weighted by Crippen LogP contribution is -2.48. The molecule has 1 rings (SSSR count). The second-order valence-electron chi connectivity index (χ2n) is 4.90. The number of ether oxygens (including phenoxy) is 1. The van der Waals surface area contributed by atoms with Crippen molar-refractivity contribution >= 4 is 0 Å². The molecule has 0 aromatic rings. The number of nitrogens with one attached hydrogen (secondary N) is 1. The summed E-state index contributed by atoms with van der Waals surface area (Å²) < 4.78 is 5.73. The third-order valence-electron chi connectivity index (χ3n) is 3.36. The topological polar surface area (TPSA) is 21.3 Å². The van der Waals surface area contributed by atoms with Crippen LogP contribution in [0, 0.1) is 5.92 Å². The first-order valence-corrected chi connectivity index (χ1v) is 5.30. The molecule has 2 nitrogen and oxygen atoms in total. The van der Waals surface area contributed by atoms with Crippen LogP contribution in [0.3, 0.4) is 0 Å². The highest BCUT2D eigenvalue weighted by molar-refractivity contribution is 4.89. The van der Waals surface area contributed by atoms with Gasteiger partial charge in [0, 0.05) is 5.54 Å². The van der Waals surface area contributed by atoms with Gasteiger partial charge in [0.05, 0.1) is 12.2 Å². The van der Waals surface area contributed by atoms with Gasteiger partial charge in [-0.05, 0) is 53.5 Å². The van der Waals surface area contributed by atoms with Crippen LogP contribution in [0.25, 0.3) is 0 Å². The Morgan fingerprint density at radius 3 is 2.00 bits per heavy atom. The fraction of sp³-hybridized carbons (Fsp3) is 1.00. The van der Waals surface area contributed by atoms with Gasteiger partial charge in [-0.2, -0.15) is 0 Å². The molecule has 1 aliphatic heterocycles. The molecule has 0 aliphatic carbocycles. The minimum absolute atomic E-state index is 0.242. The maximum Gasteiger partial charge on any atom is 0.0554 e. The van der Waals surface area contributed by atoms with Crippen LogP contribution in [-0.4, -0.2) is 24.8 Å². The first kappa shape index (κ1) is 11.0. The number of hydrogen-bond acceptors (Lipinski definition) is 2. The number of hydrogen-bond donors (Lipinski definition) is 1. The van der Waals surface area contributed by atoms with Crippen molar-refractivity contribution in [2.45, 2.75) is 58.3 Å². The molecule has 0 amide bonds. The van der Waals surface area contributed by atoms with Crippen LogP contribution in [0.2, 0.25) is 0 Å². The molecule has 1 saturated heterocycles. The first-order valence-electron chi connectivity index (χ1n) is 5.30. The molecule has 0 spiro atoms. The van der Waals surface area contributed by atoms with E-state index < -0.39 is 0 Å². The van der Waals surface area contributed by atoms with Crippen LogP contribution in [0.15, 0.2) is 0 Å². The van der Waals surface area contributed by atoms with Crippen LogP contribution in [0.4, 0.5) is 0 Å². The van der Waals surface area contributed by atoms with Crippen molar-refractivity contribution in [2.75, 3.05) is 7.05 Å². The fourth-order valence-corrected chi connectivity index (χ4v) is 2.20. The van der Waals surface area contributed by atoms with Gasteiger partial charge in [0.1, 0.15) is 0 Å². The zero-order chi connectivity index (χ0) is 10.1. The van der Waals surface area contributed by atoms with Gasteiger partial charge < -0.3 is 10.1 Å². The van der Waals surface area contributed by atoms with Crippen LogP contribution < -0.4 is 5.32 Å². The number of rotatable bonds is 2. The molecule has 0 aromatic carbocycles. The summed E-state index contributed by atoms with van der Waals surface area (Å²) in [5.41, 5.74) is 0.242. The Morgan fingerprint density at radius 2 is 1.62 bits per heavy atom. The summed E-state index contributed by atoms with van der Waals surface area (Å²) in [5, 5.41) is 3.40. The Morgan fingerprint density at radius 1 is 1.15 bits per heavy atom. The van der Waals surface area contributed by atoms with Gasteiger partial charge in [-0.25, -0.2) is 0 Å². The second kappa shape index (κ2) is 3.97. The lowest BCUT2D eigenvalue weighted by Gasteiger charge is -2.41. The normalized spacial score (nSPS) is 36.2. The van der Waals surface area contributed by atoms with E-state index in [-0.39, 0.29) is 5.54 Å². The van der Waals surface area contributed by atoms with Gasteiger partial charge >= 0.3 is 0 Å². The van der Waals surface area contributed by atoms with Crippen LogP contribution in [0.1, 0.15) is 40.5 Å². The summed E-state index contributed by atoms with van der Waals surface area (Å²) in [6.45, 7) is 8.91. The minimum Gasteiger partial charge on any atom is -0.376 e. The van der Waals surface area contributed by atoms with Crippen molar-refractivity contribution in [1.29, 1.82) is 0 Å². The summed E-state index contributed by atoms with van der Waals surface area (Å²) in [7, 11) is 2.05. The van der Waals surface area contributed by atoms with E-state index in [1.165, 1.54) is 12.8 Å². The highest BCUT2D eigenvalue weighted by Gasteiger charge is 2.34. The van der Waals surface area contributed by atoms with Crippen LogP contribution in [-0.2, 0) is 4.74 Å². The van der Waals surface area contributed by atoms with Crippen molar-refractivity contribution in [3.8, 4) is 0 Å². The van der Waals surface area contributed by atoms with E-state index in [0.717, 1.165) is 5.92 Å². The maximum absolute atomic E-state index is 5.73. The van der Waals surface area contributed by atoms with Crippen molar-refractivity contribution in [3.63, 3.8) is 0 Å². The molecule has 13 heavy (non-hydrogen) atoms. The highest BCUT2D eigenvalue weighted by atomic mass is 16.5. The zero-order valence-electron chi connectivity index (χ0n) is 9.55. The Hall–Kier alpha value is -0.0800. The predicted molar refractivity (Wildman–Crippen MR) is 55.9 cm³/mol. The third kappa shape index (κ3) is 2.68.